The Hall–Kier alpha value is -3.14. The van der Waals surface area contributed by atoms with E-state index in [1.807, 2.05) is 0 Å². The van der Waals surface area contributed by atoms with Crippen LogP contribution in [0.25, 0.3) is 10.2 Å². The SMILES string of the molecule is Cc1cc(C)c(NC(=O)Cn2nnc3sc4c(c3c2=O)CCCCCC4)c([N+](=O)[O-])c1. The number of fused-ring (bicyclic) bond motifs is 3. The third-order valence-electron chi connectivity index (χ3n) is 5.56. The fraction of sp³-hybridized carbons (Fsp3) is 0.429. The number of aromatic nitrogens is 3. The van der Waals surface area contributed by atoms with Crippen molar-refractivity contribution in [3.05, 3.63) is 54.2 Å². The van der Waals surface area contributed by atoms with E-state index in [-0.39, 0.29) is 23.5 Å². The lowest BCUT2D eigenvalue weighted by atomic mass is 9.98. The maximum absolute atomic E-state index is 13.1. The third kappa shape index (κ3) is 4.20. The number of aryl methyl sites for hydroxylation is 4. The number of nitro benzene ring substituents is 1. The Morgan fingerprint density at radius 1 is 1.23 bits per heavy atom. The van der Waals surface area contributed by atoms with Crippen LogP contribution in [-0.2, 0) is 24.2 Å². The Kier molecular flexibility index (Phi) is 5.81. The minimum Gasteiger partial charge on any atom is -0.319 e. The zero-order valence-electron chi connectivity index (χ0n) is 17.4. The molecule has 9 nitrogen and oxygen atoms in total. The predicted molar refractivity (Wildman–Crippen MR) is 119 cm³/mol. The summed E-state index contributed by atoms with van der Waals surface area (Å²) >= 11 is 1.51. The van der Waals surface area contributed by atoms with Crippen LogP contribution in [-0.4, -0.2) is 25.8 Å². The lowest BCUT2D eigenvalue weighted by molar-refractivity contribution is -0.384. The van der Waals surface area contributed by atoms with Gasteiger partial charge >= 0.3 is 0 Å². The second-order valence-electron chi connectivity index (χ2n) is 7.93. The number of hydrogen-bond acceptors (Lipinski definition) is 7. The topological polar surface area (TPSA) is 120 Å². The molecule has 0 atom stereocenters. The Morgan fingerprint density at radius 2 is 1.97 bits per heavy atom. The molecule has 1 N–H and O–H groups in total. The van der Waals surface area contributed by atoms with Crippen molar-refractivity contribution in [1.29, 1.82) is 0 Å². The molecule has 0 fully saturated rings. The fourth-order valence-corrected chi connectivity index (χ4v) is 5.33. The van der Waals surface area contributed by atoms with Gasteiger partial charge < -0.3 is 5.32 Å². The number of carbonyl (C=O) groups is 1. The highest BCUT2D eigenvalue weighted by atomic mass is 32.1. The Bertz CT molecular complexity index is 1250. The van der Waals surface area contributed by atoms with Gasteiger partial charge in [0.15, 0.2) is 4.83 Å². The van der Waals surface area contributed by atoms with E-state index in [1.54, 1.807) is 19.9 Å². The molecule has 10 heteroatoms. The van der Waals surface area contributed by atoms with Gasteiger partial charge in [0.25, 0.3) is 11.2 Å². The number of nitrogens with zero attached hydrogens (tertiary/aromatic N) is 4. The summed E-state index contributed by atoms with van der Waals surface area (Å²) in [6, 6.07) is 3.16. The number of nitrogens with one attached hydrogen (secondary N) is 1. The lowest BCUT2D eigenvalue weighted by Gasteiger charge is -2.11. The molecule has 0 saturated heterocycles. The predicted octanol–water partition coefficient (Wildman–Crippen LogP) is 3.68. The molecule has 4 rings (SSSR count). The fourth-order valence-electron chi connectivity index (χ4n) is 4.13. The molecule has 3 aromatic rings. The van der Waals surface area contributed by atoms with E-state index in [9.17, 15) is 19.7 Å². The van der Waals surface area contributed by atoms with Crippen LogP contribution in [0, 0.1) is 24.0 Å². The van der Waals surface area contributed by atoms with E-state index in [4.69, 9.17) is 0 Å². The summed E-state index contributed by atoms with van der Waals surface area (Å²) in [6.45, 7) is 3.08. The molecular formula is C21H23N5O4S. The molecule has 1 amide bonds. The number of anilines is 1. The molecule has 1 aromatic carbocycles. The second kappa shape index (κ2) is 8.54. The van der Waals surface area contributed by atoms with Crippen molar-refractivity contribution in [2.45, 2.75) is 58.9 Å². The lowest BCUT2D eigenvalue weighted by Crippen LogP contribution is -2.31. The van der Waals surface area contributed by atoms with Crippen molar-refractivity contribution in [1.82, 2.24) is 15.0 Å². The number of hydrogen-bond donors (Lipinski definition) is 1. The average molecular weight is 442 g/mol. The summed E-state index contributed by atoms with van der Waals surface area (Å²) in [5.74, 6) is -0.566. The maximum atomic E-state index is 13.1. The first-order valence-corrected chi connectivity index (χ1v) is 11.1. The summed E-state index contributed by atoms with van der Waals surface area (Å²) in [7, 11) is 0. The van der Waals surface area contributed by atoms with Crippen molar-refractivity contribution in [2.75, 3.05) is 5.32 Å². The number of nitro groups is 1. The first kappa shape index (κ1) is 21.1. The minimum atomic E-state index is -0.566. The number of rotatable bonds is 4. The van der Waals surface area contributed by atoms with Crippen LogP contribution in [0.1, 0.15) is 47.3 Å². The molecule has 0 spiro atoms. The van der Waals surface area contributed by atoms with Gasteiger partial charge in [-0.15, -0.1) is 16.4 Å². The Balaban J connectivity index is 1.64. The number of carbonyl (C=O) groups excluding carboxylic acids is 1. The van der Waals surface area contributed by atoms with E-state index in [2.05, 4.69) is 15.6 Å². The molecule has 2 aromatic heterocycles. The second-order valence-corrected chi connectivity index (χ2v) is 9.02. The summed E-state index contributed by atoms with van der Waals surface area (Å²) in [5, 5.41) is 22.7. The highest BCUT2D eigenvalue weighted by molar-refractivity contribution is 7.18. The standard InChI is InChI=1S/C21H23N5O4S/c1-12-9-13(2)19(15(10-12)26(29)30)22-17(27)11-25-21(28)18-14-7-5-3-4-6-8-16(14)31-20(18)23-24-25/h9-10H,3-8,11H2,1-2H3,(H,22,27). The van der Waals surface area contributed by atoms with E-state index >= 15 is 0 Å². The molecule has 31 heavy (non-hydrogen) atoms. The van der Waals surface area contributed by atoms with Crippen LogP contribution in [0.15, 0.2) is 16.9 Å². The van der Waals surface area contributed by atoms with Gasteiger partial charge in [-0.3, -0.25) is 19.7 Å². The Morgan fingerprint density at radius 3 is 2.71 bits per heavy atom. The summed E-state index contributed by atoms with van der Waals surface area (Å²) in [5.41, 5.74) is 1.95. The van der Waals surface area contributed by atoms with Crippen LogP contribution in [0.5, 0.6) is 0 Å². The van der Waals surface area contributed by atoms with Gasteiger partial charge in [0.1, 0.15) is 12.2 Å². The van der Waals surface area contributed by atoms with Gasteiger partial charge in [0.2, 0.25) is 5.91 Å². The minimum absolute atomic E-state index is 0.128. The molecule has 1 aliphatic carbocycles. The van der Waals surface area contributed by atoms with Crippen LogP contribution >= 0.6 is 11.3 Å². The molecule has 0 radical (unpaired) electrons. The van der Waals surface area contributed by atoms with Gasteiger partial charge in [-0.2, -0.15) is 0 Å². The largest absolute Gasteiger partial charge is 0.319 e. The molecule has 2 heterocycles. The normalized spacial score (nSPS) is 14.0. The highest BCUT2D eigenvalue weighted by Crippen LogP contribution is 2.32. The van der Waals surface area contributed by atoms with Crippen LogP contribution in [0.2, 0.25) is 0 Å². The molecule has 0 unspecified atom stereocenters. The molecule has 162 valence electrons. The zero-order chi connectivity index (χ0) is 22.1. The monoisotopic (exact) mass is 441 g/mol. The Labute approximate surface area is 182 Å². The van der Waals surface area contributed by atoms with Crippen LogP contribution < -0.4 is 10.9 Å². The third-order valence-corrected chi connectivity index (χ3v) is 6.73. The average Bonchev–Trinajstić information content (AvgIpc) is 3.03. The van der Waals surface area contributed by atoms with Gasteiger partial charge in [0.05, 0.1) is 10.3 Å². The van der Waals surface area contributed by atoms with Crippen molar-refractivity contribution in [2.24, 2.45) is 0 Å². The van der Waals surface area contributed by atoms with Gasteiger partial charge in [-0.25, -0.2) is 4.68 Å². The molecule has 0 saturated carbocycles. The first-order valence-electron chi connectivity index (χ1n) is 10.3. The summed E-state index contributed by atoms with van der Waals surface area (Å²) < 4.78 is 1.04. The summed E-state index contributed by atoms with van der Waals surface area (Å²) in [4.78, 5) is 38.4. The van der Waals surface area contributed by atoms with Crippen molar-refractivity contribution >= 4 is 38.8 Å². The molecular weight excluding hydrogens is 418 g/mol. The van der Waals surface area contributed by atoms with Crippen molar-refractivity contribution < 1.29 is 9.72 Å². The molecule has 0 bridgehead atoms. The van der Waals surface area contributed by atoms with E-state index in [1.165, 1.54) is 28.7 Å². The number of benzene rings is 1. The molecule has 1 aliphatic rings. The molecule has 0 aliphatic heterocycles. The zero-order valence-corrected chi connectivity index (χ0v) is 18.3. The number of amides is 1. The van der Waals surface area contributed by atoms with E-state index in [0.29, 0.717) is 15.8 Å². The summed E-state index contributed by atoms with van der Waals surface area (Å²) in [6.07, 6.45) is 6.22. The smallest absolute Gasteiger partial charge is 0.293 e. The van der Waals surface area contributed by atoms with Crippen LogP contribution in [0.3, 0.4) is 0 Å². The van der Waals surface area contributed by atoms with Gasteiger partial charge in [0, 0.05) is 10.9 Å². The van der Waals surface area contributed by atoms with Gasteiger partial charge in [-0.05, 0) is 56.2 Å². The first-order chi connectivity index (χ1) is 14.8. The van der Waals surface area contributed by atoms with Crippen LogP contribution in [0.4, 0.5) is 11.4 Å². The van der Waals surface area contributed by atoms with Crippen molar-refractivity contribution in [3.63, 3.8) is 0 Å². The van der Waals surface area contributed by atoms with Gasteiger partial charge in [-0.1, -0.05) is 24.1 Å². The maximum Gasteiger partial charge on any atom is 0.293 e. The quantitative estimate of drug-likeness (QED) is 0.487. The highest BCUT2D eigenvalue weighted by Gasteiger charge is 2.22. The van der Waals surface area contributed by atoms with E-state index in [0.717, 1.165) is 47.9 Å². The number of thiophene rings is 1. The van der Waals surface area contributed by atoms with E-state index < -0.39 is 10.8 Å². The van der Waals surface area contributed by atoms with Crippen molar-refractivity contribution in [3.8, 4) is 0 Å².